The van der Waals surface area contributed by atoms with Crippen molar-refractivity contribution in [3.05, 3.63) is 89.8 Å². The highest BCUT2D eigenvalue weighted by Gasteiger charge is 2.31. The summed E-state index contributed by atoms with van der Waals surface area (Å²) in [4.78, 5) is 24.2. The highest BCUT2D eigenvalue weighted by atomic mass is 19.4. The molecule has 0 unspecified atom stereocenters. The Morgan fingerprint density at radius 3 is 2.29 bits per heavy atom. The SMILES string of the molecule is O=C(C=Cc1cc(OC(F)(F)F)ccc1NC(=O)c1ccccc1Oc1ccc(F)cc1)NO. The number of anilines is 1. The Morgan fingerprint density at radius 1 is 0.941 bits per heavy atom. The van der Waals surface area contributed by atoms with Crippen molar-refractivity contribution in [2.75, 3.05) is 5.32 Å². The summed E-state index contributed by atoms with van der Waals surface area (Å²) in [7, 11) is 0. The van der Waals surface area contributed by atoms with Crippen LogP contribution >= 0.6 is 0 Å². The van der Waals surface area contributed by atoms with Crippen LogP contribution in [0.2, 0.25) is 0 Å². The van der Waals surface area contributed by atoms with Crippen molar-refractivity contribution in [3.8, 4) is 17.2 Å². The van der Waals surface area contributed by atoms with Crippen molar-refractivity contribution in [2.24, 2.45) is 0 Å². The second-order valence-electron chi connectivity index (χ2n) is 6.61. The molecular formula is C23H16F4N2O5. The fraction of sp³-hybridized carbons (Fsp3) is 0.0435. The number of hydrogen-bond acceptors (Lipinski definition) is 5. The van der Waals surface area contributed by atoms with E-state index in [1.165, 1.54) is 41.9 Å². The molecule has 0 aliphatic rings. The van der Waals surface area contributed by atoms with Crippen LogP contribution in [0.15, 0.2) is 72.8 Å². The van der Waals surface area contributed by atoms with Gasteiger partial charge in [0, 0.05) is 17.3 Å². The molecule has 11 heteroatoms. The number of carbonyl (C=O) groups excluding carboxylic acids is 2. The Kier molecular flexibility index (Phi) is 7.49. The van der Waals surface area contributed by atoms with Gasteiger partial charge in [0.15, 0.2) is 0 Å². The van der Waals surface area contributed by atoms with Crippen molar-refractivity contribution in [3.63, 3.8) is 0 Å². The number of para-hydroxylation sites is 1. The van der Waals surface area contributed by atoms with Crippen molar-refractivity contribution >= 4 is 23.6 Å². The molecule has 3 aromatic rings. The molecule has 3 aromatic carbocycles. The average molecular weight is 476 g/mol. The number of hydrogen-bond donors (Lipinski definition) is 3. The summed E-state index contributed by atoms with van der Waals surface area (Å²) in [6.45, 7) is 0. The number of hydroxylamine groups is 1. The Morgan fingerprint density at radius 2 is 1.62 bits per heavy atom. The lowest BCUT2D eigenvalue weighted by atomic mass is 10.1. The van der Waals surface area contributed by atoms with E-state index in [2.05, 4.69) is 10.1 Å². The number of benzene rings is 3. The van der Waals surface area contributed by atoms with Gasteiger partial charge in [0.2, 0.25) is 0 Å². The van der Waals surface area contributed by atoms with Crippen LogP contribution in [0.3, 0.4) is 0 Å². The van der Waals surface area contributed by atoms with Crippen molar-refractivity contribution in [1.82, 2.24) is 5.48 Å². The Balaban J connectivity index is 1.89. The lowest BCUT2D eigenvalue weighted by Gasteiger charge is -2.14. The van der Waals surface area contributed by atoms with Crippen LogP contribution in [-0.2, 0) is 4.79 Å². The Bertz CT molecular complexity index is 1210. The maximum absolute atomic E-state index is 13.1. The topological polar surface area (TPSA) is 96.9 Å². The van der Waals surface area contributed by atoms with E-state index < -0.39 is 29.7 Å². The predicted molar refractivity (Wildman–Crippen MR) is 113 cm³/mol. The average Bonchev–Trinajstić information content (AvgIpc) is 2.79. The van der Waals surface area contributed by atoms with E-state index in [0.29, 0.717) is 0 Å². The van der Waals surface area contributed by atoms with Gasteiger partial charge in [-0.2, -0.15) is 0 Å². The van der Waals surface area contributed by atoms with E-state index in [9.17, 15) is 27.2 Å². The predicted octanol–water partition coefficient (Wildman–Crippen LogP) is 5.29. The van der Waals surface area contributed by atoms with Crippen LogP contribution in [0.5, 0.6) is 17.2 Å². The summed E-state index contributed by atoms with van der Waals surface area (Å²) in [5, 5.41) is 11.2. The minimum Gasteiger partial charge on any atom is -0.457 e. The van der Waals surface area contributed by atoms with Gasteiger partial charge in [-0.15, -0.1) is 13.2 Å². The normalized spacial score (nSPS) is 11.2. The third kappa shape index (κ3) is 6.81. The largest absolute Gasteiger partial charge is 0.573 e. The minimum atomic E-state index is -4.95. The quantitative estimate of drug-likeness (QED) is 0.186. The first-order valence-electron chi connectivity index (χ1n) is 9.50. The van der Waals surface area contributed by atoms with Crippen molar-refractivity contribution in [1.29, 1.82) is 0 Å². The summed E-state index contributed by atoms with van der Waals surface area (Å²) in [5.41, 5.74) is 1.44. The van der Waals surface area contributed by atoms with E-state index in [0.717, 1.165) is 30.4 Å². The van der Waals surface area contributed by atoms with Gasteiger partial charge in [-0.1, -0.05) is 12.1 Å². The molecule has 176 valence electrons. The maximum Gasteiger partial charge on any atom is 0.573 e. The molecule has 7 nitrogen and oxygen atoms in total. The molecule has 3 rings (SSSR count). The molecular weight excluding hydrogens is 460 g/mol. The summed E-state index contributed by atoms with van der Waals surface area (Å²) in [6, 6.07) is 14.3. The van der Waals surface area contributed by atoms with Crippen molar-refractivity contribution in [2.45, 2.75) is 6.36 Å². The number of halogens is 4. The highest BCUT2D eigenvalue weighted by Crippen LogP contribution is 2.30. The van der Waals surface area contributed by atoms with Gasteiger partial charge in [-0.3, -0.25) is 14.8 Å². The molecule has 0 saturated carbocycles. The van der Waals surface area contributed by atoms with Gasteiger partial charge in [0.25, 0.3) is 11.8 Å². The first-order valence-corrected chi connectivity index (χ1v) is 9.50. The standard InChI is InChI=1S/C23H16F4N2O5/c24-15-6-8-16(9-7-15)33-20-4-2-1-3-18(20)22(31)28-19-11-10-17(34-23(25,26)27)13-14(19)5-12-21(30)29-32/h1-13,32H,(H,28,31)(H,29,30). The van der Waals surface area contributed by atoms with Crippen LogP contribution in [0, 0.1) is 5.82 Å². The van der Waals surface area contributed by atoms with Crippen LogP contribution in [-0.4, -0.2) is 23.4 Å². The van der Waals surface area contributed by atoms with Crippen LogP contribution in [0.25, 0.3) is 6.08 Å². The zero-order chi connectivity index (χ0) is 24.7. The molecule has 0 spiro atoms. The minimum absolute atomic E-state index is 0.0179. The summed E-state index contributed by atoms with van der Waals surface area (Å²) >= 11 is 0. The molecule has 0 fully saturated rings. The van der Waals surface area contributed by atoms with Gasteiger partial charge >= 0.3 is 6.36 Å². The van der Waals surface area contributed by atoms with Crippen molar-refractivity contribution < 1.29 is 41.8 Å². The van der Waals surface area contributed by atoms with E-state index in [4.69, 9.17) is 9.94 Å². The number of carbonyl (C=O) groups is 2. The second kappa shape index (κ2) is 10.5. The van der Waals surface area contributed by atoms with Gasteiger partial charge in [-0.25, -0.2) is 9.87 Å². The van der Waals surface area contributed by atoms with Crippen LogP contribution < -0.4 is 20.3 Å². The summed E-state index contributed by atoms with van der Waals surface area (Å²) in [5.74, 6) is -2.27. The first kappa shape index (κ1) is 24.3. The zero-order valence-electron chi connectivity index (χ0n) is 17.1. The lowest BCUT2D eigenvalue weighted by molar-refractivity contribution is -0.274. The zero-order valence-corrected chi connectivity index (χ0v) is 17.1. The summed E-state index contributed by atoms with van der Waals surface area (Å²) in [6.07, 6.45) is -3.04. The molecule has 0 aromatic heterocycles. The number of nitrogens with one attached hydrogen (secondary N) is 2. The van der Waals surface area contributed by atoms with Crippen LogP contribution in [0.4, 0.5) is 23.2 Å². The second-order valence-corrected chi connectivity index (χ2v) is 6.61. The molecule has 0 bridgehead atoms. The number of alkyl halides is 3. The number of rotatable bonds is 7. The Hall–Kier alpha value is -4.38. The molecule has 0 aliphatic heterocycles. The summed E-state index contributed by atoms with van der Waals surface area (Å²) < 4.78 is 60.4. The van der Waals surface area contributed by atoms with Crippen LogP contribution in [0.1, 0.15) is 15.9 Å². The van der Waals surface area contributed by atoms with Gasteiger partial charge in [0.1, 0.15) is 23.1 Å². The van der Waals surface area contributed by atoms with E-state index >= 15 is 0 Å². The molecule has 0 heterocycles. The fourth-order valence-corrected chi connectivity index (χ4v) is 2.75. The maximum atomic E-state index is 13.1. The smallest absolute Gasteiger partial charge is 0.457 e. The molecule has 34 heavy (non-hydrogen) atoms. The Labute approximate surface area is 190 Å². The van der Waals surface area contributed by atoms with E-state index in [-0.39, 0.29) is 28.3 Å². The third-order valence-corrected chi connectivity index (χ3v) is 4.20. The fourth-order valence-electron chi connectivity index (χ4n) is 2.75. The molecule has 2 amide bonds. The van der Waals surface area contributed by atoms with E-state index in [1.54, 1.807) is 12.1 Å². The van der Waals surface area contributed by atoms with Gasteiger partial charge in [-0.05, 0) is 60.7 Å². The first-order chi connectivity index (χ1) is 16.1. The number of amides is 2. The third-order valence-electron chi connectivity index (χ3n) is 4.20. The monoisotopic (exact) mass is 476 g/mol. The number of ether oxygens (including phenoxy) is 2. The molecule has 0 atom stereocenters. The van der Waals surface area contributed by atoms with Gasteiger partial charge in [0.05, 0.1) is 5.56 Å². The van der Waals surface area contributed by atoms with Gasteiger partial charge < -0.3 is 14.8 Å². The molecule has 0 radical (unpaired) electrons. The van der Waals surface area contributed by atoms with E-state index in [1.807, 2.05) is 0 Å². The molecule has 0 saturated heterocycles. The lowest BCUT2D eigenvalue weighted by Crippen LogP contribution is -2.18. The molecule has 3 N–H and O–H groups in total. The molecule has 0 aliphatic carbocycles. The highest BCUT2D eigenvalue weighted by molar-refractivity contribution is 6.07.